The highest BCUT2D eigenvalue weighted by Crippen LogP contribution is 2.20. The molecule has 0 saturated carbocycles. The number of hydrogen-bond donors (Lipinski definition) is 0. The predicted molar refractivity (Wildman–Crippen MR) is 69.8 cm³/mol. The monoisotopic (exact) mass is 232 g/mol. The van der Waals surface area contributed by atoms with Gasteiger partial charge < -0.3 is 4.74 Å². The molecule has 92 valence electrons. The zero-order chi connectivity index (χ0) is 12.7. The number of esters is 1. The smallest absolute Gasteiger partial charge is 0.330 e. The van der Waals surface area contributed by atoms with E-state index in [1.807, 2.05) is 12.1 Å². The van der Waals surface area contributed by atoms with E-state index in [1.54, 1.807) is 0 Å². The lowest BCUT2D eigenvalue weighted by Gasteiger charge is -2.11. The Labute approximate surface area is 103 Å². The van der Waals surface area contributed by atoms with Gasteiger partial charge in [-0.05, 0) is 23.5 Å². The van der Waals surface area contributed by atoms with E-state index >= 15 is 0 Å². The average Bonchev–Trinajstić information content (AvgIpc) is 2.36. The van der Waals surface area contributed by atoms with E-state index < -0.39 is 0 Å². The quantitative estimate of drug-likeness (QED) is 0.550. The van der Waals surface area contributed by atoms with E-state index in [4.69, 9.17) is 4.74 Å². The van der Waals surface area contributed by atoms with Gasteiger partial charge in [0.15, 0.2) is 0 Å². The molecular formula is C15H20O2. The van der Waals surface area contributed by atoms with Crippen molar-refractivity contribution in [3.8, 4) is 0 Å². The fourth-order valence-corrected chi connectivity index (χ4v) is 1.76. The summed E-state index contributed by atoms with van der Waals surface area (Å²) in [5.74, 6) is 0.207. The lowest BCUT2D eigenvalue weighted by molar-refractivity contribution is -0.138. The van der Waals surface area contributed by atoms with E-state index in [0.717, 1.165) is 5.56 Å². The van der Waals surface area contributed by atoms with Crippen molar-refractivity contribution in [1.82, 2.24) is 0 Å². The first-order chi connectivity index (χ1) is 8.17. The zero-order valence-electron chi connectivity index (χ0n) is 10.6. The maximum atomic E-state index is 10.9. The minimum atomic E-state index is -0.381. The number of carbonyl (C=O) groups is 1. The second kappa shape index (κ2) is 6.89. The molecule has 0 N–H and O–H groups in total. The molecule has 2 nitrogen and oxygen atoms in total. The van der Waals surface area contributed by atoms with Crippen LogP contribution in [0.25, 0.3) is 0 Å². The lowest BCUT2D eigenvalue weighted by Crippen LogP contribution is -2.00. The SMILES string of the molecule is C=CC(=O)OCc1ccc(C(C)CCC)cc1. The van der Waals surface area contributed by atoms with Gasteiger partial charge in [0.2, 0.25) is 0 Å². The zero-order valence-corrected chi connectivity index (χ0v) is 10.6. The number of benzene rings is 1. The highest BCUT2D eigenvalue weighted by molar-refractivity contribution is 5.81. The van der Waals surface area contributed by atoms with Crippen LogP contribution < -0.4 is 0 Å². The van der Waals surface area contributed by atoms with Crippen molar-refractivity contribution in [3.05, 3.63) is 48.0 Å². The van der Waals surface area contributed by atoms with Crippen LogP contribution >= 0.6 is 0 Å². The van der Waals surface area contributed by atoms with Gasteiger partial charge in [-0.2, -0.15) is 0 Å². The molecule has 0 amide bonds. The molecule has 0 spiro atoms. The van der Waals surface area contributed by atoms with Crippen molar-refractivity contribution < 1.29 is 9.53 Å². The van der Waals surface area contributed by atoms with Gasteiger partial charge >= 0.3 is 5.97 Å². The number of rotatable bonds is 6. The molecule has 2 heteroatoms. The molecular weight excluding hydrogens is 212 g/mol. The average molecular weight is 232 g/mol. The molecule has 17 heavy (non-hydrogen) atoms. The summed E-state index contributed by atoms with van der Waals surface area (Å²) in [6.45, 7) is 8.10. The van der Waals surface area contributed by atoms with Crippen LogP contribution in [-0.4, -0.2) is 5.97 Å². The fourth-order valence-electron chi connectivity index (χ4n) is 1.76. The van der Waals surface area contributed by atoms with E-state index in [2.05, 4.69) is 32.6 Å². The molecule has 0 aliphatic rings. The number of carbonyl (C=O) groups excluding carboxylic acids is 1. The lowest BCUT2D eigenvalue weighted by atomic mass is 9.96. The maximum absolute atomic E-state index is 10.9. The Kier molecular flexibility index (Phi) is 5.47. The summed E-state index contributed by atoms with van der Waals surface area (Å²) in [5, 5.41) is 0. The molecule has 0 radical (unpaired) electrons. The van der Waals surface area contributed by atoms with Gasteiger partial charge in [0.05, 0.1) is 0 Å². The highest BCUT2D eigenvalue weighted by Gasteiger charge is 2.04. The van der Waals surface area contributed by atoms with Gasteiger partial charge in [-0.1, -0.05) is 51.1 Å². The van der Waals surface area contributed by atoms with E-state index in [1.165, 1.54) is 24.5 Å². The molecule has 1 aromatic carbocycles. The molecule has 0 bridgehead atoms. The van der Waals surface area contributed by atoms with Crippen LogP contribution in [-0.2, 0) is 16.1 Å². The molecule has 1 aromatic rings. The standard InChI is InChI=1S/C15H20O2/c1-4-6-12(3)14-9-7-13(8-10-14)11-17-15(16)5-2/h5,7-10,12H,2,4,6,11H2,1,3H3. The Bertz CT molecular complexity index is 365. The van der Waals surface area contributed by atoms with Gasteiger partial charge in [-0.25, -0.2) is 4.79 Å². The Hall–Kier alpha value is -1.57. The van der Waals surface area contributed by atoms with Crippen LogP contribution in [0.4, 0.5) is 0 Å². The second-order valence-corrected chi connectivity index (χ2v) is 4.24. The van der Waals surface area contributed by atoms with Crippen molar-refractivity contribution in [2.45, 2.75) is 39.2 Å². The summed E-state index contributed by atoms with van der Waals surface area (Å²) >= 11 is 0. The third-order valence-electron chi connectivity index (χ3n) is 2.82. The Balaban J connectivity index is 2.55. The summed E-state index contributed by atoms with van der Waals surface area (Å²) in [7, 11) is 0. The largest absolute Gasteiger partial charge is 0.458 e. The molecule has 1 rings (SSSR count). The molecule has 1 unspecified atom stereocenters. The van der Waals surface area contributed by atoms with Gasteiger partial charge in [0, 0.05) is 6.08 Å². The van der Waals surface area contributed by atoms with Crippen molar-refractivity contribution in [3.63, 3.8) is 0 Å². The van der Waals surface area contributed by atoms with Crippen LogP contribution in [0.1, 0.15) is 43.7 Å². The van der Waals surface area contributed by atoms with E-state index in [9.17, 15) is 4.79 Å². The van der Waals surface area contributed by atoms with Crippen molar-refractivity contribution >= 4 is 5.97 Å². The van der Waals surface area contributed by atoms with Crippen LogP contribution in [0.3, 0.4) is 0 Å². The molecule has 0 aromatic heterocycles. The van der Waals surface area contributed by atoms with Crippen LogP contribution in [0, 0.1) is 0 Å². The minimum absolute atomic E-state index is 0.313. The van der Waals surface area contributed by atoms with Crippen LogP contribution in [0.5, 0.6) is 0 Å². The summed E-state index contributed by atoms with van der Waals surface area (Å²) < 4.78 is 4.97. The van der Waals surface area contributed by atoms with Crippen molar-refractivity contribution in [2.75, 3.05) is 0 Å². The van der Waals surface area contributed by atoms with Crippen molar-refractivity contribution in [2.24, 2.45) is 0 Å². The Morgan fingerprint density at radius 2 is 2.06 bits per heavy atom. The summed E-state index contributed by atoms with van der Waals surface area (Å²) in [6.07, 6.45) is 3.57. The minimum Gasteiger partial charge on any atom is -0.458 e. The Morgan fingerprint density at radius 1 is 1.41 bits per heavy atom. The first-order valence-electron chi connectivity index (χ1n) is 6.05. The first-order valence-corrected chi connectivity index (χ1v) is 6.05. The van der Waals surface area contributed by atoms with Crippen LogP contribution in [0.2, 0.25) is 0 Å². The molecule has 0 aliphatic carbocycles. The van der Waals surface area contributed by atoms with Gasteiger partial charge in [0.25, 0.3) is 0 Å². The number of hydrogen-bond acceptors (Lipinski definition) is 2. The molecule has 0 heterocycles. The fraction of sp³-hybridized carbons (Fsp3) is 0.400. The first kappa shape index (κ1) is 13.5. The third-order valence-corrected chi connectivity index (χ3v) is 2.82. The van der Waals surface area contributed by atoms with Gasteiger partial charge in [0.1, 0.15) is 6.61 Å². The Morgan fingerprint density at radius 3 is 2.59 bits per heavy atom. The third kappa shape index (κ3) is 4.43. The van der Waals surface area contributed by atoms with E-state index in [0.29, 0.717) is 12.5 Å². The molecule has 0 aliphatic heterocycles. The van der Waals surface area contributed by atoms with Crippen molar-refractivity contribution in [1.29, 1.82) is 0 Å². The van der Waals surface area contributed by atoms with Crippen LogP contribution in [0.15, 0.2) is 36.9 Å². The topological polar surface area (TPSA) is 26.3 Å². The summed E-state index contributed by atoms with van der Waals surface area (Å²) in [6, 6.07) is 8.24. The number of ether oxygens (including phenoxy) is 1. The summed E-state index contributed by atoms with van der Waals surface area (Å²) in [5.41, 5.74) is 2.35. The second-order valence-electron chi connectivity index (χ2n) is 4.24. The van der Waals surface area contributed by atoms with E-state index in [-0.39, 0.29) is 5.97 Å². The molecule has 1 atom stereocenters. The normalized spacial score (nSPS) is 11.9. The van der Waals surface area contributed by atoms with Gasteiger partial charge in [-0.3, -0.25) is 0 Å². The summed E-state index contributed by atoms with van der Waals surface area (Å²) in [4.78, 5) is 10.9. The molecule has 0 saturated heterocycles. The maximum Gasteiger partial charge on any atom is 0.330 e. The van der Waals surface area contributed by atoms with Gasteiger partial charge in [-0.15, -0.1) is 0 Å². The predicted octanol–water partition coefficient (Wildman–Crippen LogP) is 3.82. The highest BCUT2D eigenvalue weighted by atomic mass is 16.5. The molecule has 0 fully saturated rings.